The van der Waals surface area contributed by atoms with E-state index in [0.29, 0.717) is 0 Å². The van der Waals surface area contributed by atoms with Gasteiger partial charge in [0.05, 0.1) is 12.2 Å². The molecule has 0 atom stereocenters. The maximum Gasteiger partial charge on any atom is 0.0928 e. The van der Waals surface area contributed by atoms with Crippen LogP contribution in [0.25, 0.3) is 11.3 Å². The van der Waals surface area contributed by atoms with Gasteiger partial charge < -0.3 is 5.32 Å². The summed E-state index contributed by atoms with van der Waals surface area (Å²) < 4.78 is 2.14. The summed E-state index contributed by atoms with van der Waals surface area (Å²) in [5, 5.41) is 8.11. The zero-order chi connectivity index (χ0) is 11.7. The van der Waals surface area contributed by atoms with Crippen LogP contribution in [-0.2, 0) is 13.0 Å². The molecule has 1 N–H and O–H groups in total. The molecule has 0 saturated carbocycles. The predicted octanol–water partition coefficient (Wildman–Crippen LogP) is 2.00. The fourth-order valence-corrected chi connectivity index (χ4v) is 2.37. The number of aromatic nitrogens is 2. The first-order valence-electron chi connectivity index (χ1n) is 6.18. The van der Waals surface area contributed by atoms with Crippen molar-refractivity contribution in [1.82, 2.24) is 15.1 Å². The number of hydrogen-bond acceptors (Lipinski definition) is 2. The molecular weight excluding hydrogens is 210 g/mol. The standard InChI is InChI=1S/C14H17N3/c1-11-4-2-3-5-13(11)14-10-12-6-7-15-8-9-17(12)16-14/h2-5,10,15H,6-9H2,1H3. The molecule has 3 nitrogen and oxygen atoms in total. The van der Waals surface area contributed by atoms with Gasteiger partial charge >= 0.3 is 0 Å². The molecule has 0 fully saturated rings. The second kappa shape index (κ2) is 4.34. The molecule has 0 unspecified atom stereocenters. The smallest absolute Gasteiger partial charge is 0.0928 e. The summed E-state index contributed by atoms with van der Waals surface area (Å²) in [5.74, 6) is 0. The zero-order valence-electron chi connectivity index (χ0n) is 10.1. The molecule has 0 spiro atoms. The zero-order valence-corrected chi connectivity index (χ0v) is 10.1. The lowest BCUT2D eigenvalue weighted by molar-refractivity contribution is 0.590. The number of benzene rings is 1. The van der Waals surface area contributed by atoms with E-state index in [1.54, 1.807) is 0 Å². The summed E-state index contributed by atoms with van der Waals surface area (Å²) in [6.45, 7) is 5.18. The first-order valence-corrected chi connectivity index (χ1v) is 6.18. The van der Waals surface area contributed by atoms with Crippen LogP contribution in [0.4, 0.5) is 0 Å². The van der Waals surface area contributed by atoms with E-state index >= 15 is 0 Å². The maximum absolute atomic E-state index is 4.72. The van der Waals surface area contributed by atoms with Crippen molar-refractivity contribution in [3.8, 4) is 11.3 Å². The average molecular weight is 227 g/mol. The van der Waals surface area contributed by atoms with Gasteiger partial charge in [0.2, 0.25) is 0 Å². The molecule has 1 aliphatic heterocycles. The molecule has 2 heterocycles. The SMILES string of the molecule is Cc1ccccc1-c1cc2n(n1)CCNCC2. The van der Waals surface area contributed by atoms with E-state index in [0.717, 1.165) is 31.7 Å². The van der Waals surface area contributed by atoms with Gasteiger partial charge in [-0.2, -0.15) is 5.10 Å². The van der Waals surface area contributed by atoms with Crippen LogP contribution in [0, 0.1) is 6.92 Å². The summed E-state index contributed by atoms with van der Waals surface area (Å²) in [4.78, 5) is 0. The molecule has 88 valence electrons. The highest BCUT2D eigenvalue weighted by atomic mass is 15.3. The Labute approximate surface area is 101 Å². The molecule has 0 bridgehead atoms. The van der Waals surface area contributed by atoms with Gasteiger partial charge in [-0.15, -0.1) is 0 Å². The van der Waals surface area contributed by atoms with E-state index in [-0.39, 0.29) is 0 Å². The third kappa shape index (κ3) is 1.98. The van der Waals surface area contributed by atoms with Crippen molar-refractivity contribution >= 4 is 0 Å². The van der Waals surface area contributed by atoms with Gasteiger partial charge in [-0.1, -0.05) is 24.3 Å². The molecule has 0 aliphatic carbocycles. The van der Waals surface area contributed by atoms with Gasteiger partial charge in [-0.05, 0) is 18.6 Å². The lowest BCUT2D eigenvalue weighted by atomic mass is 10.1. The van der Waals surface area contributed by atoms with E-state index in [4.69, 9.17) is 5.10 Å². The number of aryl methyl sites for hydroxylation is 1. The number of hydrogen-bond donors (Lipinski definition) is 1. The van der Waals surface area contributed by atoms with Crippen LogP contribution in [0.3, 0.4) is 0 Å². The van der Waals surface area contributed by atoms with Crippen LogP contribution < -0.4 is 5.32 Å². The van der Waals surface area contributed by atoms with E-state index in [2.05, 4.69) is 47.3 Å². The van der Waals surface area contributed by atoms with Gasteiger partial charge in [-0.25, -0.2) is 0 Å². The van der Waals surface area contributed by atoms with Crippen LogP contribution in [0.1, 0.15) is 11.3 Å². The Bertz CT molecular complexity index is 505. The predicted molar refractivity (Wildman–Crippen MR) is 69.0 cm³/mol. The highest BCUT2D eigenvalue weighted by molar-refractivity contribution is 5.63. The van der Waals surface area contributed by atoms with E-state index in [9.17, 15) is 0 Å². The second-order valence-corrected chi connectivity index (χ2v) is 4.56. The lowest BCUT2D eigenvalue weighted by Crippen LogP contribution is -2.17. The Hall–Kier alpha value is -1.61. The lowest BCUT2D eigenvalue weighted by Gasteiger charge is -2.02. The summed E-state index contributed by atoms with van der Waals surface area (Å²) in [6, 6.07) is 10.7. The highest BCUT2D eigenvalue weighted by Gasteiger charge is 2.12. The number of nitrogens with one attached hydrogen (secondary N) is 1. The molecule has 2 aromatic rings. The van der Waals surface area contributed by atoms with Crippen LogP contribution in [0.2, 0.25) is 0 Å². The number of nitrogens with zero attached hydrogens (tertiary/aromatic N) is 2. The fraction of sp³-hybridized carbons (Fsp3) is 0.357. The fourth-order valence-electron chi connectivity index (χ4n) is 2.37. The number of rotatable bonds is 1. The molecule has 0 saturated heterocycles. The molecule has 17 heavy (non-hydrogen) atoms. The number of fused-ring (bicyclic) bond motifs is 1. The summed E-state index contributed by atoms with van der Waals surface area (Å²) in [6.07, 6.45) is 1.07. The third-order valence-corrected chi connectivity index (χ3v) is 3.34. The first kappa shape index (κ1) is 10.5. The highest BCUT2D eigenvalue weighted by Crippen LogP contribution is 2.23. The molecule has 1 aliphatic rings. The molecule has 1 aromatic carbocycles. The third-order valence-electron chi connectivity index (χ3n) is 3.34. The molecule has 0 amide bonds. The second-order valence-electron chi connectivity index (χ2n) is 4.56. The Kier molecular flexibility index (Phi) is 2.69. The van der Waals surface area contributed by atoms with Crippen molar-refractivity contribution in [2.75, 3.05) is 13.1 Å². The largest absolute Gasteiger partial charge is 0.315 e. The van der Waals surface area contributed by atoms with Gasteiger partial charge in [0, 0.05) is 30.8 Å². The minimum absolute atomic E-state index is 0.973. The monoisotopic (exact) mass is 227 g/mol. The normalized spacial score (nSPS) is 15.4. The summed E-state index contributed by atoms with van der Waals surface area (Å²) >= 11 is 0. The van der Waals surface area contributed by atoms with Crippen molar-refractivity contribution in [2.24, 2.45) is 0 Å². The van der Waals surface area contributed by atoms with E-state index in [1.807, 2.05) is 0 Å². The Morgan fingerprint density at radius 3 is 3.00 bits per heavy atom. The van der Waals surface area contributed by atoms with Crippen LogP contribution in [0.5, 0.6) is 0 Å². The Morgan fingerprint density at radius 2 is 2.12 bits per heavy atom. The van der Waals surface area contributed by atoms with Gasteiger partial charge in [0.1, 0.15) is 0 Å². The maximum atomic E-state index is 4.72. The minimum atomic E-state index is 0.973. The van der Waals surface area contributed by atoms with Gasteiger partial charge in [-0.3, -0.25) is 4.68 Å². The van der Waals surface area contributed by atoms with Crippen molar-refractivity contribution in [2.45, 2.75) is 19.9 Å². The van der Waals surface area contributed by atoms with Gasteiger partial charge in [0.15, 0.2) is 0 Å². The minimum Gasteiger partial charge on any atom is -0.315 e. The van der Waals surface area contributed by atoms with Crippen molar-refractivity contribution in [3.63, 3.8) is 0 Å². The molecule has 3 rings (SSSR count). The van der Waals surface area contributed by atoms with Crippen LogP contribution >= 0.6 is 0 Å². The Morgan fingerprint density at radius 1 is 1.24 bits per heavy atom. The van der Waals surface area contributed by atoms with E-state index in [1.165, 1.54) is 16.8 Å². The summed E-state index contributed by atoms with van der Waals surface area (Å²) in [7, 11) is 0. The van der Waals surface area contributed by atoms with E-state index < -0.39 is 0 Å². The average Bonchev–Trinajstić information content (AvgIpc) is 2.61. The van der Waals surface area contributed by atoms with Crippen LogP contribution in [-0.4, -0.2) is 22.9 Å². The van der Waals surface area contributed by atoms with Crippen LogP contribution in [0.15, 0.2) is 30.3 Å². The topological polar surface area (TPSA) is 29.9 Å². The summed E-state index contributed by atoms with van der Waals surface area (Å²) in [5.41, 5.74) is 4.99. The van der Waals surface area contributed by atoms with Gasteiger partial charge in [0.25, 0.3) is 0 Å². The molecule has 3 heteroatoms. The van der Waals surface area contributed by atoms with Crippen molar-refractivity contribution in [1.29, 1.82) is 0 Å². The molecule has 1 aromatic heterocycles. The van der Waals surface area contributed by atoms with Crippen molar-refractivity contribution in [3.05, 3.63) is 41.6 Å². The molecular formula is C14H17N3. The first-order chi connectivity index (χ1) is 8.34. The quantitative estimate of drug-likeness (QED) is 0.807. The molecule has 0 radical (unpaired) electrons. The van der Waals surface area contributed by atoms with Crippen molar-refractivity contribution < 1.29 is 0 Å². The Balaban J connectivity index is 2.02.